The number of hydrogen-bond donors (Lipinski definition) is 0. The number of ether oxygens (including phenoxy) is 1. The molecule has 3 heteroatoms. The third kappa shape index (κ3) is 9.90. The summed E-state index contributed by atoms with van der Waals surface area (Å²) in [7, 11) is 0. The van der Waals surface area contributed by atoms with Gasteiger partial charge in [0.05, 0.1) is 0 Å². The normalized spacial score (nSPS) is 30.6. The van der Waals surface area contributed by atoms with Crippen molar-refractivity contribution in [3.8, 4) is 0 Å². The molecule has 0 spiro atoms. The van der Waals surface area contributed by atoms with Crippen LogP contribution in [0.4, 0.5) is 0 Å². The van der Waals surface area contributed by atoms with Gasteiger partial charge in [-0.3, -0.25) is 4.79 Å². The van der Waals surface area contributed by atoms with Crippen molar-refractivity contribution in [2.24, 2.45) is 46.3 Å². The number of esters is 1. The number of fused-ring (bicyclic) bond motifs is 5. The topological polar surface area (TPSA) is 39.4 Å². The second-order valence-corrected chi connectivity index (χ2v) is 19.3. The minimum atomic E-state index is 0.0447. The predicted octanol–water partition coefficient (Wildman–Crippen LogP) is 14.7. The Labute approximate surface area is 321 Å². The molecule has 3 fully saturated rings. The highest BCUT2D eigenvalue weighted by Gasteiger charge is 2.59. The van der Waals surface area contributed by atoms with E-state index in [1.807, 2.05) is 0 Å². The van der Waals surface area contributed by atoms with Gasteiger partial charge in [0.15, 0.2) is 0 Å². The van der Waals surface area contributed by atoms with Crippen LogP contribution in [0.2, 0.25) is 0 Å². The van der Waals surface area contributed by atoms with Gasteiger partial charge in [-0.25, -0.2) is 0 Å². The number of aryl methyl sites for hydroxylation is 1. The summed E-state index contributed by atoms with van der Waals surface area (Å²) in [5.74, 6) is 7.49. The van der Waals surface area contributed by atoms with Crippen LogP contribution in [0.5, 0.6) is 0 Å². The van der Waals surface area contributed by atoms with Gasteiger partial charge >= 0.3 is 5.97 Å². The fourth-order valence-corrected chi connectivity index (χ4v) is 12.0. The van der Waals surface area contributed by atoms with Gasteiger partial charge in [0, 0.05) is 19.3 Å². The first kappa shape index (κ1) is 41.4. The van der Waals surface area contributed by atoms with Gasteiger partial charge in [0.2, 0.25) is 0 Å². The van der Waals surface area contributed by atoms with E-state index in [-0.39, 0.29) is 12.1 Å². The molecule has 1 aromatic heterocycles. The quantitative estimate of drug-likeness (QED) is 0.0766. The minimum absolute atomic E-state index is 0.0447. The van der Waals surface area contributed by atoms with Gasteiger partial charge in [-0.2, -0.15) is 0 Å². The largest absolute Gasteiger partial charge is 0.462 e. The zero-order chi connectivity index (χ0) is 37.3. The fourth-order valence-electron chi connectivity index (χ4n) is 12.0. The Morgan fingerprint density at radius 2 is 1.62 bits per heavy atom. The lowest BCUT2D eigenvalue weighted by Crippen LogP contribution is -2.51. The standard InChI is InChI=1S/C49H80O3/c1-9-10-17-23-45-37(5)38(6)46(52-45)24-18-15-13-11-12-14-16-19-25-47(50)51-40-30-32-48(7)39(34-40)26-27-41-43-29-28-42(36(4)22-20-21-35(2)3)49(43,8)33-31-44(41)48/h17,23,26,35-36,40-44H,9-16,18-22,24-25,27-34H2,1-8H3/b23-17+. The SMILES string of the molecule is CCC/C=C/c1oc(CCCCCCCCCCC(=O)OC2CCC3(C)C(=CCC4C3CCC3(C)C(C(C)CCCC(C)C)CCC43)C2)c(C)c1C. The molecule has 0 aromatic carbocycles. The summed E-state index contributed by atoms with van der Waals surface area (Å²) in [6, 6.07) is 0. The van der Waals surface area contributed by atoms with Crippen LogP contribution in [-0.4, -0.2) is 12.1 Å². The van der Waals surface area contributed by atoms with Crippen molar-refractivity contribution in [1.29, 1.82) is 0 Å². The summed E-state index contributed by atoms with van der Waals surface area (Å²) in [6.07, 6.45) is 35.2. The highest BCUT2D eigenvalue weighted by molar-refractivity contribution is 5.69. The maximum absolute atomic E-state index is 12.9. The Bertz CT molecular complexity index is 1330. The fraction of sp³-hybridized carbons (Fsp3) is 0.816. The molecule has 0 radical (unpaired) electrons. The monoisotopic (exact) mass is 717 g/mol. The second kappa shape index (κ2) is 19.2. The maximum atomic E-state index is 12.9. The van der Waals surface area contributed by atoms with Crippen molar-refractivity contribution in [3.05, 3.63) is 40.4 Å². The Morgan fingerprint density at radius 1 is 0.885 bits per heavy atom. The van der Waals surface area contributed by atoms with Crippen molar-refractivity contribution in [1.82, 2.24) is 0 Å². The van der Waals surface area contributed by atoms with Crippen molar-refractivity contribution in [2.45, 2.75) is 209 Å². The molecule has 0 saturated heterocycles. The van der Waals surface area contributed by atoms with Crippen LogP contribution < -0.4 is 0 Å². The van der Waals surface area contributed by atoms with Gasteiger partial charge in [0.1, 0.15) is 17.6 Å². The molecule has 4 aliphatic carbocycles. The first-order valence-corrected chi connectivity index (χ1v) is 22.6. The average Bonchev–Trinajstić information content (AvgIpc) is 3.60. The van der Waals surface area contributed by atoms with Gasteiger partial charge in [-0.05, 0) is 142 Å². The lowest BCUT2D eigenvalue weighted by molar-refractivity contribution is -0.151. The number of hydrogen-bond acceptors (Lipinski definition) is 3. The van der Waals surface area contributed by atoms with E-state index in [1.165, 1.54) is 120 Å². The molecule has 0 amide bonds. The zero-order valence-electron chi connectivity index (χ0n) is 35.3. The Hall–Kier alpha value is -1.77. The molecule has 1 aromatic rings. The van der Waals surface area contributed by atoms with Crippen molar-refractivity contribution in [3.63, 3.8) is 0 Å². The minimum Gasteiger partial charge on any atom is -0.462 e. The number of carbonyl (C=O) groups excluding carboxylic acids is 1. The van der Waals surface area contributed by atoms with Gasteiger partial charge in [-0.15, -0.1) is 0 Å². The van der Waals surface area contributed by atoms with Crippen LogP contribution >= 0.6 is 0 Å². The number of carbonyl (C=O) groups is 1. The van der Waals surface area contributed by atoms with Crippen molar-refractivity contribution >= 4 is 12.0 Å². The van der Waals surface area contributed by atoms with E-state index in [1.54, 1.807) is 5.57 Å². The maximum Gasteiger partial charge on any atom is 0.306 e. The third-order valence-corrected chi connectivity index (χ3v) is 15.4. The number of furan rings is 1. The van der Waals surface area contributed by atoms with Crippen LogP contribution in [0.25, 0.3) is 6.08 Å². The molecule has 5 rings (SSSR count). The summed E-state index contributed by atoms with van der Waals surface area (Å²) >= 11 is 0. The van der Waals surface area contributed by atoms with Crippen LogP contribution in [0, 0.1) is 60.2 Å². The molecule has 1 heterocycles. The predicted molar refractivity (Wildman–Crippen MR) is 220 cm³/mol. The lowest BCUT2D eigenvalue weighted by Gasteiger charge is -2.58. The summed E-state index contributed by atoms with van der Waals surface area (Å²) in [5.41, 5.74) is 5.13. The van der Waals surface area contributed by atoms with Crippen molar-refractivity contribution < 1.29 is 13.9 Å². The van der Waals surface area contributed by atoms with E-state index in [2.05, 4.69) is 73.6 Å². The smallest absolute Gasteiger partial charge is 0.306 e. The van der Waals surface area contributed by atoms with E-state index in [0.717, 1.165) is 79.8 Å². The Kier molecular flexibility index (Phi) is 15.3. The number of unbranched alkanes of at least 4 members (excludes halogenated alkanes) is 8. The van der Waals surface area contributed by atoms with Crippen LogP contribution in [0.1, 0.15) is 205 Å². The highest BCUT2D eigenvalue weighted by Crippen LogP contribution is 2.67. The van der Waals surface area contributed by atoms with Crippen LogP contribution in [0.3, 0.4) is 0 Å². The summed E-state index contributed by atoms with van der Waals surface area (Å²) in [5, 5.41) is 0. The Balaban J connectivity index is 0.959. The Morgan fingerprint density at radius 3 is 2.35 bits per heavy atom. The van der Waals surface area contributed by atoms with Crippen molar-refractivity contribution in [2.75, 3.05) is 0 Å². The van der Waals surface area contributed by atoms with E-state index in [0.29, 0.717) is 17.3 Å². The first-order chi connectivity index (χ1) is 25.0. The lowest BCUT2D eigenvalue weighted by atomic mass is 9.47. The molecule has 3 saturated carbocycles. The molecule has 294 valence electrons. The average molecular weight is 717 g/mol. The molecule has 8 unspecified atom stereocenters. The number of rotatable bonds is 20. The van der Waals surface area contributed by atoms with Crippen LogP contribution in [-0.2, 0) is 16.0 Å². The van der Waals surface area contributed by atoms with Gasteiger partial charge in [-0.1, -0.05) is 123 Å². The zero-order valence-corrected chi connectivity index (χ0v) is 35.3. The second-order valence-electron chi connectivity index (χ2n) is 19.3. The molecule has 4 aliphatic rings. The molecule has 0 N–H and O–H groups in total. The molecule has 0 aliphatic heterocycles. The number of allylic oxidation sites excluding steroid dienone is 2. The summed E-state index contributed by atoms with van der Waals surface area (Å²) in [4.78, 5) is 12.9. The van der Waals surface area contributed by atoms with E-state index < -0.39 is 0 Å². The van der Waals surface area contributed by atoms with Crippen LogP contribution in [0.15, 0.2) is 22.1 Å². The van der Waals surface area contributed by atoms with E-state index >= 15 is 0 Å². The third-order valence-electron chi connectivity index (χ3n) is 15.4. The molecular formula is C49H80O3. The summed E-state index contributed by atoms with van der Waals surface area (Å²) in [6.45, 7) is 19.2. The summed E-state index contributed by atoms with van der Waals surface area (Å²) < 4.78 is 12.3. The van der Waals surface area contributed by atoms with E-state index in [4.69, 9.17) is 9.15 Å². The van der Waals surface area contributed by atoms with Gasteiger partial charge in [0.25, 0.3) is 0 Å². The molecule has 0 bridgehead atoms. The molecule has 52 heavy (non-hydrogen) atoms. The molecule has 8 atom stereocenters. The highest BCUT2D eigenvalue weighted by atomic mass is 16.5. The van der Waals surface area contributed by atoms with Gasteiger partial charge < -0.3 is 9.15 Å². The molecular weight excluding hydrogens is 637 g/mol. The van der Waals surface area contributed by atoms with E-state index in [9.17, 15) is 4.79 Å². The first-order valence-electron chi connectivity index (χ1n) is 22.6. The molecule has 3 nitrogen and oxygen atoms in total.